The second kappa shape index (κ2) is 6.66. The minimum Gasteiger partial charge on any atom is -0.360 e. The Morgan fingerprint density at radius 2 is 1.83 bits per heavy atom. The Hall–Kier alpha value is -2.95. The molecule has 1 N–H and O–H groups in total. The third kappa shape index (κ3) is 3.20. The number of hydrogen-bond acceptors (Lipinski definition) is 3. The summed E-state index contributed by atoms with van der Waals surface area (Å²) in [5.41, 5.74) is 2.85. The van der Waals surface area contributed by atoms with Crippen LogP contribution in [0.5, 0.6) is 0 Å². The van der Waals surface area contributed by atoms with E-state index >= 15 is 0 Å². The summed E-state index contributed by atoms with van der Waals surface area (Å²) in [5, 5.41) is 6.69. The highest BCUT2D eigenvalue weighted by Crippen LogP contribution is 2.27. The van der Waals surface area contributed by atoms with Gasteiger partial charge in [0.15, 0.2) is 0 Å². The number of nitrogens with zero attached hydrogens (tertiary/aromatic N) is 1. The number of carbonyl (C=O) groups is 1. The molecule has 0 aliphatic rings. The SMILES string of the molecule is Cc1ccc(CNC(=O)c2c(-c3ccccc3F)noc2C)cc1. The van der Waals surface area contributed by atoms with Gasteiger partial charge in [-0.3, -0.25) is 4.79 Å². The maximum Gasteiger partial charge on any atom is 0.257 e. The van der Waals surface area contributed by atoms with Gasteiger partial charge in [0, 0.05) is 12.1 Å². The lowest BCUT2D eigenvalue weighted by Gasteiger charge is -2.07. The quantitative estimate of drug-likeness (QED) is 0.788. The number of halogens is 1. The largest absolute Gasteiger partial charge is 0.360 e. The van der Waals surface area contributed by atoms with Crippen LogP contribution in [-0.4, -0.2) is 11.1 Å². The standard InChI is InChI=1S/C19H17FN2O2/c1-12-7-9-14(10-8-12)11-21-19(23)17-13(2)24-22-18(17)15-5-3-4-6-16(15)20/h3-10H,11H2,1-2H3,(H,21,23). The fraction of sp³-hybridized carbons (Fsp3) is 0.158. The van der Waals surface area contributed by atoms with Crippen molar-refractivity contribution < 1.29 is 13.7 Å². The molecular formula is C19H17FN2O2. The zero-order valence-corrected chi connectivity index (χ0v) is 13.5. The van der Waals surface area contributed by atoms with Gasteiger partial charge >= 0.3 is 0 Å². The van der Waals surface area contributed by atoms with E-state index in [4.69, 9.17) is 4.52 Å². The van der Waals surface area contributed by atoms with Gasteiger partial charge in [-0.2, -0.15) is 0 Å². The Bertz CT molecular complexity index is 869. The summed E-state index contributed by atoms with van der Waals surface area (Å²) in [6, 6.07) is 14.0. The zero-order valence-electron chi connectivity index (χ0n) is 13.5. The zero-order chi connectivity index (χ0) is 17.1. The first kappa shape index (κ1) is 15.9. The lowest BCUT2D eigenvalue weighted by atomic mass is 10.0. The maximum atomic E-state index is 14.0. The van der Waals surface area contributed by atoms with Crippen LogP contribution in [0.2, 0.25) is 0 Å². The molecule has 0 radical (unpaired) electrons. The predicted octanol–water partition coefficient (Wildman–Crippen LogP) is 4.03. The van der Waals surface area contributed by atoms with Crippen molar-refractivity contribution in [3.8, 4) is 11.3 Å². The normalized spacial score (nSPS) is 10.6. The molecule has 0 atom stereocenters. The van der Waals surface area contributed by atoms with Crippen LogP contribution < -0.4 is 5.32 Å². The van der Waals surface area contributed by atoms with E-state index in [2.05, 4.69) is 10.5 Å². The molecule has 0 fully saturated rings. The molecule has 0 saturated heterocycles. The number of benzene rings is 2. The van der Waals surface area contributed by atoms with Crippen LogP contribution in [0, 0.1) is 19.7 Å². The van der Waals surface area contributed by atoms with E-state index < -0.39 is 5.82 Å². The number of aryl methyl sites for hydroxylation is 2. The molecule has 4 nitrogen and oxygen atoms in total. The number of aromatic nitrogens is 1. The first-order chi connectivity index (χ1) is 11.6. The number of hydrogen-bond donors (Lipinski definition) is 1. The van der Waals surface area contributed by atoms with Gasteiger partial charge in [0.2, 0.25) is 0 Å². The molecule has 2 aromatic carbocycles. The summed E-state index contributed by atoms with van der Waals surface area (Å²) in [7, 11) is 0. The number of nitrogens with one attached hydrogen (secondary N) is 1. The van der Waals surface area contributed by atoms with Crippen LogP contribution in [0.4, 0.5) is 4.39 Å². The van der Waals surface area contributed by atoms with Gasteiger partial charge in [0.25, 0.3) is 5.91 Å². The first-order valence-corrected chi connectivity index (χ1v) is 7.61. The van der Waals surface area contributed by atoms with Crippen LogP contribution in [0.25, 0.3) is 11.3 Å². The van der Waals surface area contributed by atoms with Crippen molar-refractivity contribution in [1.29, 1.82) is 0 Å². The summed E-state index contributed by atoms with van der Waals surface area (Å²) in [6.07, 6.45) is 0. The average molecular weight is 324 g/mol. The Morgan fingerprint density at radius 3 is 2.54 bits per heavy atom. The van der Waals surface area contributed by atoms with Crippen molar-refractivity contribution in [2.45, 2.75) is 20.4 Å². The fourth-order valence-electron chi connectivity index (χ4n) is 2.45. The van der Waals surface area contributed by atoms with Crippen molar-refractivity contribution in [3.05, 3.63) is 76.8 Å². The van der Waals surface area contributed by atoms with Gasteiger partial charge in [-0.15, -0.1) is 0 Å². The van der Waals surface area contributed by atoms with Gasteiger partial charge in [-0.25, -0.2) is 4.39 Å². The second-order valence-electron chi connectivity index (χ2n) is 5.61. The van der Waals surface area contributed by atoms with E-state index in [1.54, 1.807) is 25.1 Å². The molecule has 0 unspecified atom stereocenters. The molecule has 1 amide bonds. The van der Waals surface area contributed by atoms with Crippen LogP contribution in [0.15, 0.2) is 53.1 Å². The molecule has 122 valence electrons. The third-order valence-corrected chi connectivity index (χ3v) is 3.79. The van der Waals surface area contributed by atoms with Crippen LogP contribution in [0.3, 0.4) is 0 Å². The Labute approximate surface area is 139 Å². The molecule has 0 spiro atoms. The van der Waals surface area contributed by atoms with Crippen molar-refractivity contribution >= 4 is 5.91 Å². The monoisotopic (exact) mass is 324 g/mol. The topological polar surface area (TPSA) is 55.1 Å². The van der Waals surface area contributed by atoms with E-state index in [0.29, 0.717) is 12.3 Å². The highest BCUT2D eigenvalue weighted by atomic mass is 19.1. The summed E-state index contributed by atoms with van der Waals surface area (Å²) in [4.78, 5) is 12.5. The van der Waals surface area contributed by atoms with Gasteiger partial charge < -0.3 is 9.84 Å². The van der Waals surface area contributed by atoms with Crippen molar-refractivity contribution in [1.82, 2.24) is 10.5 Å². The molecule has 0 aliphatic heterocycles. The van der Waals surface area contributed by atoms with Gasteiger partial charge in [0.1, 0.15) is 22.8 Å². The molecule has 0 bridgehead atoms. The maximum absolute atomic E-state index is 14.0. The minimum absolute atomic E-state index is 0.215. The first-order valence-electron chi connectivity index (χ1n) is 7.61. The second-order valence-corrected chi connectivity index (χ2v) is 5.61. The van der Waals surface area contributed by atoms with Gasteiger partial charge in [-0.1, -0.05) is 47.1 Å². The highest BCUT2D eigenvalue weighted by molar-refractivity contribution is 6.00. The predicted molar refractivity (Wildman–Crippen MR) is 89.0 cm³/mol. The van der Waals surface area contributed by atoms with Gasteiger partial charge in [-0.05, 0) is 31.5 Å². The lowest BCUT2D eigenvalue weighted by Crippen LogP contribution is -2.23. The van der Waals surface area contributed by atoms with Crippen LogP contribution in [0.1, 0.15) is 27.2 Å². The van der Waals surface area contributed by atoms with Gasteiger partial charge in [0.05, 0.1) is 0 Å². The smallest absolute Gasteiger partial charge is 0.257 e. The van der Waals surface area contributed by atoms with Crippen molar-refractivity contribution in [2.24, 2.45) is 0 Å². The number of rotatable bonds is 4. The average Bonchev–Trinajstić information content (AvgIpc) is 2.96. The molecular weight excluding hydrogens is 307 g/mol. The molecule has 5 heteroatoms. The molecule has 3 rings (SSSR count). The Morgan fingerprint density at radius 1 is 1.12 bits per heavy atom. The Kier molecular flexibility index (Phi) is 4.42. The van der Waals surface area contributed by atoms with E-state index in [1.807, 2.05) is 31.2 Å². The summed E-state index contributed by atoms with van der Waals surface area (Å²) < 4.78 is 19.1. The summed E-state index contributed by atoms with van der Waals surface area (Å²) in [5.74, 6) is -0.430. The third-order valence-electron chi connectivity index (χ3n) is 3.79. The van der Waals surface area contributed by atoms with Crippen LogP contribution in [-0.2, 0) is 6.54 Å². The summed E-state index contributed by atoms with van der Waals surface area (Å²) in [6.45, 7) is 4.02. The minimum atomic E-state index is -0.446. The van der Waals surface area contributed by atoms with Crippen molar-refractivity contribution in [3.63, 3.8) is 0 Å². The van der Waals surface area contributed by atoms with Crippen molar-refractivity contribution in [2.75, 3.05) is 0 Å². The number of carbonyl (C=O) groups excluding carboxylic acids is 1. The molecule has 24 heavy (non-hydrogen) atoms. The van der Waals surface area contributed by atoms with Crippen LogP contribution >= 0.6 is 0 Å². The Balaban J connectivity index is 1.84. The highest BCUT2D eigenvalue weighted by Gasteiger charge is 2.23. The number of amides is 1. The van der Waals surface area contributed by atoms with E-state index in [0.717, 1.165) is 11.1 Å². The van der Waals surface area contributed by atoms with E-state index in [9.17, 15) is 9.18 Å². The van der Waals surface area contributed by atoms with E-state index in [-0.39, 0.29) is 22.7 Å². The lowest BCUT2D eigenvalue weighted by molar-refractivity contribution is 0.0950. The summed E-state index contributed by atoms with van der Waals surface area (Å²) >= 11 is 0. The molecule has 3 aromatic rings. The molecule has 1 heterocycles. The molecule has 0 saturated carbocycles. The molecule has 0 aliphatic carbocycles. The van der Waals surface area contributed by atoms with E-state index in [1.165, 1.54) is 6.07 Å². The fourth-order valence-corrected chi connectivity index (χ4v) is 2.45. The molecule has 1 aromatic heterocycles.